The second-order valence-electron chi connectivity index (χ2n) is 6.38. The molecule has 2 amide bonds. The third-order valence-electron chi connectivity index (χ3n) is 4.23. The van der Waals surface area contributed by atoms with Gasteiger partial charge in [-0.05, 0) is 61.7 Å². The van der Waals surface area contributed by atoms with Crippen LogP contribution in [-0.4, -0.2) is 30.4 Å². The van der Waals surface area contributed by atoms with Crippen LogP contribution in [0.3, 0.4) is 0 Å². The topological polar surface area (TPSA) is 58.6 Å². The van der Waals surface area contributed by atoms with Crippen LogP contribution in [0, 0.1) is 13.8 Å². The molecule has 0 bridgehead atoms. The van der Waals surface area contributed by atoms with Crippen LogP contribution in [0.4, 0.5) is 5.69 Å². The van der Waals surface area contributed by atoms with E-state index in [2.05, 4.69) is 11.4 Å². The van der Waals surface area contributed by atoms with Gasteiger partial charge in [0.15, 0.2) is 0 Å². The fourth-order valence-electron chi connectivity index (χ4n) is 3.10. The van der Waals surface area contributed by atoms with Gasteiger partial charge in [0.05, 0.1) is 12.2 Å². The zero-order valence-corrected chi connectivity index (χ0v) is 15.4. The van der Waals surface area contributed by atoms with E-state index in [1.54, 1.807) is 24.3 Å². The van der Waals surface area contributed by atoms with Gasteiger partial charge in [0.25, 0.3) is 11.8 Å². The van der Waals surface area contributed by atoms with Crippen molar-refractivity contribution < 1.29 is 14.3 Å². The lowest BCUT2D eigenvalue weighted by Gasteiger charge is -2.11. The molecule has 5 nitrogen and oxygen atoms in total. The number of benzene rings is 2. The number of nitrogens with zero attached hydrogens (tertiary/aromatic N) is 1. The van der Waals surface area contributed by atoms with Gasteiger partial charge in [0.2, 0.25) is 0 Å². The van der Waals surface area contributed by atoms with E-state index < -0.39 is 0 Å². The Kier molecular flexibility index (Phi) is 4.80. The number of imide groups is 1. The van der Waals surface area contributed by atoms with Crippen LogP contribution in [-0.2, 0) is 9.59 Å². The number of likely N-dealkylation sites (N-methyl/N-ethyl adjacent to an activating group) is 1. The zero-order chi connectivity index (χ0) is 18.8. The Labute approximate surface area is 153 Å². The van der Waals surface area contributed by atoms with Crippen LogP contribution in [0.1, 0.15) is 23.6 Å². The van der Waals surface area contributed by atoms with E-state index in [1.807, 2.05) is 32.9 Å². The lowest BCUT2D eigenvalue weighted by molar-refractivity contribution is -0.135. The third kappa shape index (κ3) is 3.33. The van der Waals surface area contributed by atoms with Gasteiger partial charge in [-0.1, -0.05) is 18.2 Å². The van der Waals surface area contributed by atoms with E-state index in [1.165, 1.54) is 7.05 Å². The lowest BCUT2D eigenvalue weighted by atomic mass is 10.0. The first-order chi connectivity index (χ1) is 12.4. The Bertz CT molecular complexity index is 878. The summed E-state index contributed by atoms with van der Waals surface area (Å²) >= 11 is 0. The van der Waals surface area contributed by atoms with E-state index in [-0.39, 0.29) is 11.8 Å². The van der Waals surface area contributed by atoms with Crippen molar-refractivity contribution in [2.45, 2.75) is 20.8 Å². The summed E-state index contributed by atoms with van der Waals surface area (Å²) in [7, 11) is 1.50. The SMILES string of the molecule is CCOc1ccc(C2=C(Nc3cc(C)cc(C)c3)C(=O)N(C)C2=O)cc1. The van der Waals surface area contributed by atoms with Gasteiger partial charge < -0.3 is 10.1 Å². The molecule has 134 valence electrons. The zero-order valence-electron chi connectivity index (χ0n) is 15.4. The average Bonchev–Trinajstić information content (AvgIpc) is 2.79. The second-order valence-corrected chi connectivity index (χ2v) is 6.38. The van der Waals surface area contributed by atoms with Gasteiger partial charge in [-0.2, -0.15) is 0 Å². The Morgan fingerprint density at radius 2 is 1.58 bits per heavy atom. The Morgan fingerprint density at radius 3 is 2.15 bits per heavy atom. The average molecular weight is 350 g/mol. The molecule has 0 atom stereocenters. The van der Waals surface area contributed by atoms with Crippen molar-refractivity contribution in [3.63, 3.8) is 0 Å². The van der Waals surface area contributed by atoms with E-state index in [0.717, 1.165) is 27.5 Å². The van der Waals surface area contributed by atoms with Crippen LogP contribution in [0.25, 0.3) is 5.57 Å². The molecular weight excluding hydrogens is 328 g/mol. The maximum absolute atomic E-state index is 12.6. The summed E-state index contributed by atoms with van der Waals surface area (Å²) in [6.45, 7) is 6.47. The highest BCUT2D eigenvalue weighted by atomic mass is 16.5. The predicted molar refractivity (Wildman–Crippen MR) is 102 cm³/mol. The number of anilines is 1. The summed E-state index contributed by atoms with van der Waals surface area (Å²) in [4.78, 5) is 26.4. The van der Waals surface area contributed by atoms with Crippen molar-refractivity contribution in [2.75, 3.05) is 19.0 Å². The van der Waals surface area contributed by atoms with Crippen LogP contribution in [0.2, 0.25) is 0 Å². The molecule has 0 aromatic heterocycles. The van der Waals surface area contributed by atoms with Crippen LogP contribution in [0.5, 0.6) is 5.75 Å². The van der Waals surface area contributed by atoms with Crippen molar-refractivity contribution in [1.29, 1.82) is 0 Å². The van der Waals surface area contributed by atoms with Gasteiger partial charge in [-0.25, -0.2) is 0 Å². The van der Waals surface area contributed by atoms with Crippen LogP contribution < -0.4 is 10.1 Å². The highest BCUT2D eigenvalue weighted by molar-refractivity contribution is 6.36. The minimum atomic E-state index is -0.335. The summed E-state index contributed by atoms with van der Waals surface area (Å²) < 4.78 is 5.45. The van der Waals surface area contributed by atoms with E-state index >= 15 is 0 Å². The summed E-state index contributed by atoms with van der Waals surface area (Å²) in [6, 6.07) is 13.2. The maximum Gasteiger partial charge on any atom is 0.277 e. The van der Waals surface area contributed by atoms with Gasteiger partial charge in [-0.15, -0.1) is 0 Å². The smallest absolute Gasteiger partial charge is 0.277 e. The predicted octanol–water partition coefficient (Wildman–Crippen LogP) is 3.52. The highest BCUT2D eigenvalue weighted by Crippen LogP contribution is 2.31. The third-order valence-corrected chi connectivity index (χ3v) is 4.23. The number of rotatable bonds is 5. The van der Waals surface area contributed by atoms with Gasteiger partial charge in [-0.3, -0.25) is 14.5 Å². The Morgan fingerprint density at radius 1 is 0.962 bits per heavy atom. The van der Waals surface area contributed by atoms with Crippen molar-refractivity contribution in [1.82, 2.24) is 4.90 Å². The fourth-order valence-corrected chi connectivity index (χ4v) is 3.10. The first kappa shape index (κ1) is 17.7. The van der Waals surface area contributed by atoms with Gasteiger partial charge in [0.1, 0.15) is 11.4 Å². The first-order valence-corrected chi connectivity index (χ1v) is 8.56. The van der Waals surface area contributed by atoms with Crippen molar-refractivity contribution in [2.24, 2.45) is 0 Å². The summed E-state index contributed by atoms with van der Waals surface area (Å²) in [5, 5.41) is 3.16. The minimum Gasteiger partial charge on any atom is -0.494 e. The van der Waals surface area contributed by atoms with Crippen LogP contribution >= 0.6 is 0 Å². The summed E-state index contributed by atoms with van der Waals surface area (Å²) in [5.41, 5.74) is 4.31. The second kappa shape index (κ2) is 7.04. The molecule has 0 unspecified atom stereocenters. The standard InChI is InChI=1S/C21H22N2O3/c1-5-26-17-8-6-15(7-9-17)18-19(21(25)23(4)20(18)24)22-16-11-13(2)10-14(3)12-16/h6-12,22H,5H2,1-4H3. The number of hydrogen-bond acceptors (Lipinski definition) is 4. The number of aryl methyl sites for hydroxylation is 2. The molecule has 0 fully saturated rings. The number of hydrogen-bond donors (Lipinski definition) is 1. The van der Waals surface area contributed by atoms with Crippen molar-refractivity contribution >= 4 is 23.1 Å². The number of ether oxygens (including phenoxy) is 1. The molecule has 1 N–H and O–H groups in total. The van der Waals surface area contributed by atoms with Crippen molar-refractivity contribution in [3.05, 3.63) is 64.9 Å². The number of nitrogens with one attached hydrogen (secondary N) is 1. The highest BCUT2D eigenvalue weighted by Gasteiger charge is 2.36. The molecule has 1 aliphatic rings. The minimum absolute atomic E-state index is 0.298. The maximum atomic E-state index is 12.6. The molecule has 3 rings (SSSR count). The summed E-state index contributed by atoms with van der Waals surface area (Å²) in [5.74, 6) is 0.0786. The molecular formula is C21H22N2O3. The molecule has 0 saturated carbocycles. The Hall–Kier alpha value is -3.08. The molecule has 0 aliphatic carbocycles. The van der Waals surface area contributed by atoms with E-state index in [9.17, 15) is 9.59 Å². The molecule has 2 aromatic rings. The summed E-state index contributed by atoms with van der Waals surface area (Å²) in [6.07, 6.45) is 0. The number of amides is 2. The van der Waals surface area contributed by atoms with Crippen LogP contribution in [0.15, 0.2) is 48.2 Å². The number of carbonyl (C=O) groups is 2. The fraction of sp³-hybridized carbons (Fsp3) is 0.238. The molecule has 1 aliphatic heterocycles. The Balaban J connectivity index is 2.04. The largest absolute Gasteiger partial charge is 0.494 e. The molecule has 0 radical (unpaired) electrons. The first-order valence-electron chi connectivity index (χ1n) is 8.56. The van der Waals surface area contributed by atoms with Gasteiger partial charge >= 0.3 is 0 Å². The normalized spacial score (nSPS) is 14.2. The molecule has 0 spiro atoms. The molecule has 2 aromatic carbocycles. The monoisotopic (exact) mass is 350 g/mol. The molecule has 5 heteroatoms. The molecule has 0 saturated heterocycles. The van der Waals surface area contributed by atoms with E-state index in [0.29, 0.717) is 23.4 Å². The van der Waals surface area contributed by atoms with Gasteiger partial charge in [0, 0.05) is 12.7 Å². The quantitative estimate of drug-likeness (QED) is 0.838. The number of carbonyl (C=O) groups excluding carboxylic acids is 2. The lowest BCUT2D eigenvalue weighted by Crippen LogP contribution is -2.27. The molecule has 1 heterocycles. The molecule has 26 heavy (non-hydrogen) atoms. The van der Waals surface area contributed by atoms with E-state index in [4.69, 9.17) is 4.74 Å². The van der Waals surface area contributed by atoms with Crippen molar-refractivity contribution in [3.8, 4) is 5.75 Å².